The summed E-state index contributed by atoms with van der Waals surface area (Å²) in [5, 5.41) is 0. The van der Waals surface area contributed by atoms with Crippen LogP contribution in [0.4, 0.5) is 0 Å². The summed E-state index contributed by atoms with van der Waals surface area (Å²) >= 11 is 0. The van der Waals surface area contributed by atoms with E-state index in [2.05, 4.69) is 9.55 Å². The molecule has 1 aromatic heterocycles. The lowest BCUT2D eigenvalue weighted by Gasteiger charge is -2.25. The third-order valence-electron chi connectivity index (χ3n) is 3.65. The van der Waals surface area contributed by atoms with Crippen LogP contribution < -0.4 is 5.73 Å². The number of nitrogens with zero attached hydrogens (tertiary/aromatic N) is 2. The van der Waals surface area contributed by atoms with Crippen LogP contribution in [0.2, 0.25) is 0 Å². The highest BCUT2D eigenvalue weighted by molar-refractivity contribution is 5.20. The first-order valence-electron chi connectivity index (χ1n) is 4.95. The zero-order chi connectivity index (χ0) is 9.05. The third-order valence-corrected chi connectivity index (χ3v) is 3.65. The van der Waals surface area contributed by atoms with Crippen molar-refractivity contribution < 1.29 is 0 Å². The molecule has 0 aromatic carbocycles. The fraction of sp³-hybridized carbons (Fsp3) is 0.700. The molecular weight excluding hydrogens is 162 g/mol. The van der Waals surface area contributed by atoms with Crippen LogP contribution in [-0.4, -0.2) is 9.55 Å². The molecule has 2 unspecified atom stereocenters. The Kier molecular flexibility index (Phi) is 1.25. The summed E-state index contributed by atoms with van der Waals surface area (Å²) in [7, 11) is 2.03. The van der Waals surface area contributed by atoms with E-state index >= 15 is 0 Å². The summed E-state index contributed by atoms with van der Waals surface area (Å²) in [5.74, 6) is 1.83. The Balaban J connectivity index is 1.96. The van der Waals surface area contributed by atoms with Gasteiger partial charge in [0.2, 0.25) is 0 Å². The smallest absolute Gasteiger partial charge is 0.0946 e. The molecule has 2 aliphatic rings. The van der Waals surface area contributed by atoms with Crippen molar-refractivity contribution in [2.24, 2.45) is 24.6 Å². The number of fused-ring (bicyclic) bond motifs is 1. The molecule has 1 aromatic rings. The van der Waals surface area contributed by atoms with Crippen LogP contribution in [-0.2, 0) is 12.6 Å². The van der Waals surface area contributed by atoms with E-state index in [1.165, 1.54) is 12.1 Å². The molecule has 0 aliphatic heterocycles. The molecule has 0 bridgehead atoms. The highest BCUT2D eigenvalue weighted by Gasteiger charge is 2.53. The first-order chi connectivity index (χ1) is 6.19. The van der Waals surface area contributed by atoms with Gasteiger partial charge in [0.1, 0.15) is 0 Å². The molecule has 0 spiro atoms. The maximum Gasteiger partial charge on any atom is 0.0946 e. The van der Waals surface area contributed by atoms with E-state index < -0.39 is 0 Å². The van der Waals surface area contributed by atoms with E-state index in [0.717, 1.165) is 24.7 Å². The maximum atomic E-state index is 6.39. The molecule has 70 valence electrons. The molecule has 2 atom stereocenters. The van der Waals surface area contributed by atoms with Crippen molar-refractivity contribution in [3.8, 4) is 0 Å². The number of imidazole rings is 1. The lowest BCUT2D eigenvalue weighted by molar-refractivity contribution is 0.388. The fourth-order valence-electron chi connectivity index (χ4n) is 2.88. The van der Waals surface area contributed by atoms with Crippen molar-refractivity contribution in [3.63, 3.8) is 0 Å². The van der Waals surface area contributed by atoms with Crippen LogP contribution in [0.15, 0.2) is 12.5 Å². The van der Waals surface area contributed by atoms with E-state index in [9.17, 15) is 0 Å². The lowest BCUT2D eigenvalue weighted by Crippen LogP contribution is -2.36. The number of hydrogen-bond donors (Lipinski definition) is 1. The summed E-state index contributed by atoms with van der Waals surface area (Å²) in [6, 6.07) is 0. The molecule has 0 saturated heterocycles. The van der Waals surface area contributed by atoms with Gasteiger partial charge in [-0.1, -0.05) is 0 Å². The predicted octanol–water partition coefficient (Wildman–Crippen LogP) is 1.00. The number of aryl methyl sites for hydroxylation is 1. The van der Waals surface area contributed by atoms with Gasteiger partial charge in [-0.15, -0.1) is 0 Å². The third kappa shape index (κ3) is 0.967. The van der Waals surface area contributed by atoms with Crippen LogP contribution in [0, 0.1) is 11.8 Å². The molecule has 13 heavy (non-hydrogen) atoms. The standard InChI is InChI=1S/C10H15N3/c1-13-6-12-5-9(13)10(11)3-7-2-8(7)4-10/h5-8H,2-4,11H2,1H3. The second-order valence-electron chi connectivity index (χ2n) is 4.71. The second-order valence-corrected chi connectivity index (χ2v) is 4.71. The Morgan fingerprint density at radius 2 is 2.23 bits per heavy atom. The summed E-state index contributed by atoms with van der Waals surface area (Å²) in [4.78, 5) is 4.13. The van der Waals surface area contributed by atoms with Gasteiger partial charge in [0.15, 0.2) is 0 Å². The first kappa shape index (κ1) is 7.56. The quantitative estimate of drug-likeness (QED) is 0.695. The van der Waals surface area contributed by atoms with Gasteiger partial charge >= 0.3 is 0 Å². The number of hydrogen-bond acceptors (Lipinski definition) is 2. The van der Waals surface area contributed by atoms with E-state index in [1.54, 1.807) is 0 Å². The van der Waals surface area contributed by atoms with Crippen molar-refractivity contribution in [2.45, 2.75) is 24.8 Å². The van der Waals surface area contributed by atoms with Crippen molar-refractivity contribution >= 4 is 0 Å². The van der Waals surface area contributed by atoms with Crippen LogP contribution in [0.5, 0.6) is 0 Å². The molecule has 3 rings (SSSR count). The molecule has 3 heteroatoms. The zero-order valence-corrected chi connectivity index (χ0v) is 7.90. The highest BCUT2D eigenvalue weighted by Crippen LogP contribution is 2.58. The van der Waals surface area contributed by atoms with Crippen LogP contribution in [0.25, 0.3) is 0 Å². The minimum atomic E-state index is -0.0706. The molecule has 2 fully saturated rings. The van der Waals surface area contributed by atoms with Crippen LogP contribution >= 0.6 is 0 Å². The molecule has 2 N–H and O–H groups in total. The van der Waals surface area contributed by atoms with Gasteiger partial charge in [-0.3, -0.25) is 0 Å². The maximum absolute atomic E-state index is 6.39. The zero-order valence-electron chi connectivity index (χ0n) is 7.90. The van der Waals surface area contributed by atoms with Crippen LogP contribution in [0.3, 0.4) is 0 Å². The van der Waals surface area contributed by atoms with Crippen molar-refractivity contribution in [1.29, 1.82) is 0 Å². The Morgan fingerprint density at radius 3 is 2.77 bits per heavy atom. The topological polar surface area (TPSA) is 43.8 Å². The minimum absolute atomic E-state index is 0.0706. The molecule has 2 saturated carbocycles. The summed E-state index contributed by atoms with van der Waals surface area (Å²) in [6.45, 7) is 0. The van der Waals surface area contributed by atoms with Crippen molar-refractivity contribution in [3.05, 3.63) is 18.2 Å². The summed E-state index contributed by atoms with van der Waals surface area (Å²) in [5.41, 5.74) is 7.52. The van der Waals surface area contributed by atoms with E-state index in [1.807, 2.05) is 19.6 Å². The van der Waals surface area contributed by atoms with Gasteiger partial charge < -0.3 is 10.3 Å². The number of nitrogens with two attached hydrogens (primary N) is 1. The molecule has 0 radical (unpaired) electrons. The predicted molar refractivity (Wildman–Crippen MR) is 49.9 cm³/mol. The van der Waals surface area contributed by atoms with Gasteiger partial charge in [0, 0.05) is 13.2 Å². The van der Waals surface area contributed by atoms with Gasteiger partial charge in [-0.25, -0.2) is 4.98 Å². The minimum Gasteiger partial charge on any atom is -0.336 e. The lowest BCUT2D eigenvalue weighted by atomic mass is 9.91. The number of rotatable bonds is 1. The largest absolute Gasteiger partial charge is 0.336 e. The van der Waals surface area contributed by atoms with E-state index in [0.29, 0.717) is 0 Å². The Labute approximate surface area is 78.0 Å². The van der Waals surface area contributed by atoms with Crippen molar-refractivity contribution in [2.75, 3.05) is 0 Å². The van der Waals surface area contributed by atoms with Gasteiger partial charge in [-0.05, 0) is 31.1 Å². The Hall–Kier alpha value is -0.830. The number of aromatic nitrogens is 2. The summed E-state index contributed by atoms with van der Waals surface area (Å²) < 4.78 is 2.06. The van der Waals surface area contributed by atoms with Crippen LogP contribution in [0.1, 0.15) is 25.0 Å². The monoisotopic (exact) mass is 177 g/mol. The average molecular weight is 177 g/mol. The average Bonchev–Trinajstić information content (AvgIpc) is 2.54. The van der Waals surface area contributed by atoms with Gasteiger partial charge in [0.05, 0.1) is 17.6 Å². The highest BCUT2D eigenvalue weighted by atomic mass is 15.1. The molecule has 3 nitrogen and oxygen atoms in total. The van der Waals surface area contributed by atoms with E-state index in [-0.39, 0.29) is 5.54 Å². The normalized spacial score (nSPS) is 42.0. The van der Waals surface area contributed by atoms with Crippen molar-refractivity contribution in [1.82, 2.24) is 9.55 Å². The molecular formula is C10H15N3. The van der Waals surface area contributed by atoms with Gasteiger partial charge in [-0.2, -0.15) is 0 Å². The van der Waals surface area contributed by atoms with Gasteiger partial charge in [0.25, 0.3) is 0 Å². The molecule has 2 aliphatic carbocycles. The Bertz CT molecular complexity index is 332. The Morgan fingerprint density at radius 1 is 1.54 bits per heavy atom. The summed E-state index contributed by atoms with van der Waals surface area (Å²) in [6.07, 6.45) is 7.50. The molecule has 1 heterocycles. The SMILES string of the molecule is Cn1cncc1C1(N)CC2CC2C1. The molecule has 0 amide bonds. The second kappa shape index (κ2) is 2.15. The fourth-order valence-corrected chi connectivity index (χ4v) is 2.88. The van der Waals surface area contributed by atoms with E-state index in [4.69, 9.17) is 5.73 Å². The first-order valence-corrected chi connectivity index (χ1v) is 4.95.